The Hall–Kier alpha value is -4.14. The van der Waals surface area contributed by atoms with Crippen molar-refractivity contribution in [3.63, 3.8) is 0 Å². The van der Waals surface area contributed by atoms with Gasteiger partial charge in [-0.1, -0.05) is 12.1 Å². The number of ketones is 2. The number of carbonyl (C=O) groups is 2. The molecule has 2 atom stereocenters. The topological polar surface area (TPSA) is 156 Å². The van der Waals surface area contributed by atoms with Crippen molar-refractivity contribution in [1.29, 1.82) is 0 Å². The molecule has 4 aromatic carbocycles. The zero-order chi connectivity index (χ0) is 27.3. The van der Waals surface area contributed by atoms with Gasteiger partial charge in [0.15, 0.2) is 11.6 Å². The third-order valence-electron chi connectivity index (χ3n) is 7.74. The number of aliphatic hydroxyl groups is 2. The molecule has 2 aliphatic carbocycles. The quantitative estimate of drug-likeness (QED) is 0.220. The minimum Gasteiger partial charge on any atom is -0.507 e. The second-order valence-electron chi connectivity index (χ2n) is 11.2. The van der Waals surface area contributed by atoms with Crippen LogP contribution in [0.3, 0.4) is 0 Å². The molecule has 0 bridgehead atoms. The Labute approximate surface area is 217 Å². The number of rotatable bonds is 1. The van der Waals surface area contributed by atoms with E-state index in [2.05, 4.69) is 0 Å². The number of fused-ring (bicyclic) bond motifs is 4. The standard InChI is InChI=1S/C30H26O8/c1-29(37)9-15-7-13-3-5-17(25(33)23(13)27(35)21(15)19(31)11-29)18-6-4-14-8-16-10-30(2,38)12-20(32)22(16)28(36)24(14)26(18)34/h3-8,33-38H,9-12H2,1-2H3/t29-,30-/m1/s1. The van der Waals surface area contributed by atoms with Gasteiger partial charge in [-0.2, -0.15) is 0 Å². The minimum atomic E-state index is -1.23. The van der Waals surface area contributed by atoms with Crippen molar-refractivity contribution < 1.29 is 40.2 Å². The number of hydrogen-bond acceptors (Lipinski definition) is 8. The maximum absolute atomic E-state index is 12.7. The van der Waals surface area contributed by atoms with Crippen LogP contribution in [0.25, 0.3) is 32.7 Å². The molecule has 4 aromatic rings. The van der Waals surface area contributed by atoms with Gasteiger partial charge in [0, 0.05) is 36.8 Å². The molecule has 8 nitrogen and oxygen atoms in total. The number of phenolic OH excluding ortho intramolecular Hbond substituents is 4. The molecule has 6 rings (SSSR count). The maximum atomic E-state index is 12.7. The summed E-state index contributed by atoms with van der Waals surface area (Å²) in [5, 5.41) is 66.4. The van der Waals surface area contributed by atoms with Crippen LogP contribution in [-0.4, -0.2) is 53.4 Å². The summed E-state index contributed by atoms with van der Waals surface area (Å²) in [6.45, 7) is 3.11. The van der Waals surface area contributed by atoms with Gasteiger partial charge in [-0.05, 0) is 60.0 Å². The van der Waals surface area contributed by atoms with Crippen molar-refractivity contribution >= 4 is 33.1 Å². The van der Waals surface area contributed by atoms with E-state index in [0.717, 1.165) is 0 Å². The van der Waals surface area contributed by atoms with E-state index in [0.29, 0.717) is 21.9 Å². The van der Waals surface area contributed by atoms with Crippen LogP contribution in [0.1, 0.15) is 58.5 Å². The van der Waals surface area contributed by atoms with Gasteiger partial charge in [-0.25, -0.2) is 0 Å². The van der Waals surface area contributed by atoms with Crippen LogP contribution in [0, 0.1) is 0 Å². The van der Waals surface area contributed by atoms with Gasteiger partial charge in [0.25, 0.3) is 0 Å². The predicted molar refractivity (Wildman–Crippen MR) is 140 cm³/mol. The van der Waals surface area contributed by atoms with Gasteiger partial charge >= 0.3 is 0 Å². The van der Waals surface area contributed by atoms with Crippen molar-refractivity contribution in [3.05, 3.63) is 58.7 Å². The van der Waals surface area contributed by atoms with Gasteiger partial charge in [-0.3, -0.25) is 9.59 Å². The highest BCUT2D eigenvalue weighted by atomic mass is 16.3. The molecule has 0 amide bonds. The summed E-state index contributed by atoms with van der Waals surface area (Å²) < 4.78 is 0. The highest BCUT2D eigenvalue weighted by Crippen LogP contribution is 2.50. The van der Waals surface area contributed by atoms with Crippen LogP contribution >= 0.6 is 0 Å². The fourth-order valence-corrected chi connectivity index (χ4v) is 6.18. The van der Waals surface area contributed by atoms with Crippen LogP contribution < -0.4 is 0 Å². The number of phenols is 4. The molecular formula is C30H26O8. The van der Waals surface area contributed by atoms with Crippen LogP contribution in [-0.2, 0) is 12.8 Å². The SMILES string of the molecule is C[C@]1(O)CC(=O)c2c(cc3ccc(-c4ccc5cc6c(c(O)c5c4O)C(=O)C[C@](C)(O)C6)c(O)c3c2O)C1. The van der Waals surface area contributed by atoms with Crippen LogP contribution in [0.5, 0.6) is 23.0 Å². The van der Waals surface area contributed by atoms with Crippen LogP contribution in [0.2, 0.25) is 0 Å². The average molecular weight is 515 g/mol. The zero-order valence-corrected chi connectivity index (χ0v) is 20.8. The number of Topliss-reactive ketones (excluding diaryl/α,β-unsaturated/α-hetero) is 2. The predicted octanol–water partition coefficient (Wildman–Crippen LogP) is 4.24. The molecule has 0 aliphatic heterocycles. The third-order valence-corrected chi connectivity index (χ3v) is 7.74. The van der Waals surface area contributed by atoms with Gasteiger partial charge in [0.1, 0.15) is 23.0 Å². The Balaban J connectivity index is 1.57. The Bertz CT molecular complexity index is 1620. The van der Waals surface area contributed by atoms with E-state index in [9.17, 15) is 40.2 Å². The first-order valence-electron chi connectivity index (χ1n) is 12.3. The second-order valence-corrected chi connectivity index (χ2v) is 11.2. The minimum absolute atomic E-state index is 0.0303. The maximum Gasteiger partial charge on any atom is 0.169 e. The molecule has 2 aliphatic rings. The molecule has 6 N–H and O–H groups in total. The molecule has 0 saturated carbocycles. The molecule has 38 heavy (non-hydrogen) atoms. The van der Waals surface area contributed by atoms with E-state index in [-0.39, 0.29) is 70.2 Å². The number of carbonyl (C=O) groups excluding carboxylic acids is 2. The molecule has 0 saturated heterocycles. The van der Waals surface area contributed by atoms with Crippen molar-refractivity contribution in [2.24, 2.45) is 0 Å². The van der Waals surface area contributed by atoms with E-state index in [4.69, 9.17) is 0 Å². The van der Waals surface area contributed by atoms with E-state index in [1.807, 2.05) is 0 Å². The lowest BCUT2D eigenvalue weighted by Gasteiger charge is -2.30. The molecule has 8 heteroatoms. The summed E-state index contributed by atoms with van der Waals surface area (Å²) in [4.78, 5) is 25.5. The van der Waals surface area contributed by atoms with Crippen molar-refractivity contribution in [3.8, 4) is 34.1 Å². The Morgan fingerprint density at radius 3 is 1.32 bits per heavy atom. The first-order chi connectivity index (χ1) is 17.8. The largest absolute Gasteiger partial charge is 0.507 e. The highest BCUT2D eigenvalue weighted by molar-refractivity contribution is 6.13. The van der Waals surface area contributed by atoms with E-state index in [1.165, 1.54) is 0 Å². The molecule has 0 heterocycles. The summed E-state index contributed by atoms with van der Waals surface area (Å²) in [5.74, 6) is -2.40. The number of aromatic hydroxyl groups is 4. The number of hydrogen-bond donors (Lipinski definition) is 6. The van der Waals surface area contributed by atoms with E-state index >= 15 is 0 Å². The van der Waals surface area contributed by atoms with Gasteiger partial charge < -0.3 is 30.6 Å². The lowest BCUT2D eigenvalue weighted by molar-refractivity contribution is 0.0396. The summed E-state index contributed by atoms with van der Waals surface area (Å²) in [7, 11) is 0. The monoisotopic (exact) mass is 514 g/mol. The Morgan fingerprint density at radius 1 is 0.579 bits per heavy atom. The van der Waals surface area contributed by atoms with Crippen LogP contribution in [0.4, 0.5) is 0 Å². The summed E-state index contributed by atoms with van der Waals surface area (Å²) >= 11 is 0. The second kappa shape index (κ2) is 7.69. The summed E-state index contributed by atoms with van der Waals surface area (Å²) in [5.41, 5.74) is -1.10. The van der Waals surface area contributed by atoms with Gasteiger partial charge in [0.2, 0.25) is 0 Å². The lowest BCUT2D eigenvalue weighted by atomic mass is 9.78. The Morgan fingerprint density at radius 2 is 0.947 bits per heavy atom. The summed E-state index contributed by atoms with van der Waals surface area (Å²) in [6, 6.07) is 9.65. The average Bonchev–Trinajstić information content (AvgIpc) is 2.77. The molecule has 0 spiro atoms. The smallest absolute Gasteiger partial charge is 0.169 e. The highest BCUT2D eigenvalue weighted by Gasteiger charge is 2.37. The normalized spacial score (nSPS) is 23.1. The Kier molecular flexibility index (Phi) is 4.90. The molecule has 0 unspecified atom stereocenters. The van der Waals surface area contributed by atoms with E-state index in [1.54, 1.807) is 50.2 Å². The first kappa shape index (κ1) is 24.2. The molecule has 0 aromatic heterocycles. The van der Waals surface area contributed by atoms with Crippen molar-refractivity contribution in [2.45, 2.75) is 50.7 Å². The molecule has 0 radical (unpaired) electrons. The number of benzene rings is 4. The third kappa shape index (κ3) is 3.44. The van der Waals surface area contributed by atoms with Gasteiger partial charge in [0.05, 0.1) is 33.1 Å². The fourth-order valence-electron chi connectivity index (χ4n) is 6.18. The lowest BCUT2D eigenvalue weighted by Crippen LogP contribution is -2.35. The fraction of sp³-hybridized carbons (Fsp3) is 0.267. The van der Waals surface area contributed by atoms with Crippen LogP contribution in [0.15, 0.2) is 36.4 Å². The molecular weight excluding hydrogens is 488 g/mol. The molecule has 0 fully saturated rings. The summed E-state index contributed by atoms with van der Waals surface area (Å²) in [6.07, 6.45) is 0.0120. The zero-order valence-electron chi connectivity index (χ0n) is 20.8. The van der Waals surface area contributed by atoms with Gasteiger partial charge in [-0.15, -0.1) is 0 Å². The van der Waals surface area contributed by atoms with E-state index < -0.39 is 34.3 Å². The van der Waals surface area contributed by atoms with Crippen molar-refractivity contribution in [2.75, 3.05) is 0 Å². The molecule has 194 valence electrons. The first-order valence-corrected chi connectivity index (χ1v) is 12.3. The van der Waals surface area contributed by atoms with Crippen molar-refractivity contribution in [1.82, 2.24) is 0 Å².